The van der Waals surface area contributed by atoms with Gasteiger partial charge in [0.2, 0.25) is 0 Å². The Balaban J connectivity index is 1.62. The average molecular weight is 464 g/mol. The molecule has 164 valence electrons. The van der Waals surface area contributed by atoms with E-state index in [4.69, 9.17) is 21.1 Å². The number of hydrogen-bond acceptors (Lipinski definition) is 7. The van der Waals surface area contributed by atoms with E-state index in [-0.39, 0.29) is 44.9 Å². The van der Waals surface area contributed by atoms with Crippen LogP contribution in [0.5, 0.6) is 11.5 Å². The molecule has 0 N–H and O–H groups in total. The fourth-order valence-electron chi connectivity index (χ4n) is 3.37. The second kappa shape index (κ2) is 8.68. The van der Waals surface area contributed by atoms with E-state index in [1.807, 2.05) is 0 Å². The molecule has 3 aromatic rings. The highest BCUT2D eigenvalue weighted by molar-refractivity contribution is 6.41. The zero-order valence-corrected chi connectivity index (χ0v) is 17.8. The van der Waals surface area contributed by atoms with Crippen molar-refractivity contribution in [2.45, 2.75) is 0 Å². The van der Waals surface area contributed by atoms with Gasteiger partial charge in [0.05, 0.1) is 28.2 Å². The Morgan fingerprint density at radius 2 is 1.64 bits per heavy atom. The fourth-order valence-corrected chi connectivity index (χ4v) is 3.56. The molecule has 0 bridgehead atoms. The molecule has 0 atom stereocenters. The second-order valence-electron chi connectivity index (χ2n) is 6.98. The van der Waals surface area contributed by atoms with Crippen molar-refractivity contribution in [2.24, 2.45) is 0 Å². The molecular formula is C24H14ClNO7. The smallest absolute Gasteiger partial charge is 0.345 e. The maximum atomic E-state index is 12.6. The molecule has 3 aromatic carbocycles. The Morgan fingerprint density at radius 1 is 0.970 bits per heavy atom. The molecule has 9 heteroatoms. The van der Waals surface area contributed by atoms with Gasteiger partial charge in [-0.15, -0.1) is 0 Å². The van der Waals surface area contributed by atoms with E-state index >= 15 is 0 Å². The molecule has 1 aliphatic rings. The Hall–Kier alpha value is -4.30. The van der Waals surface area contributed by atoms with Crippen molar-refractivity contribution in [3.63, 3.8) is 0 Å². The van der Waals surface area contributed by atoms with Gasteiger partial charge in [0.15, 0.2) is 23.1 Å². The molecule has 0 spiro atoms. The van der Waals surface area contributed by atoms with Crippen molar-refractivity contribution in [1.82, 2.24) is 0 Å². The summed E-state index contributed by atoms with van der Waals surface area (Å²) in [5.74, 6) is -1.48. The number of carbonyl (C=O) groups is 3. The van der Waals surface area contributed by atoms with Gasteiger partial charge in [0.25, 0.3) is 5.69 Å². The third kappa shape index (κ3) is 4.11. The first-order valence-electron chi connectivity index (χ1n) is 9.54. The fraction of sp³-hybridized carbons (Fsp3) is 0.0417. The summed E-state index contributed by atoms with van der Waals surface area (Å²) in [5, 5.41) is 11.0. The highest BCUT2D eigenvalue weighted by atomic mass is 35.5. The number of ketones is 2. The zero-order valence-electron chi connectivity index (χ0n) is 17.0. The van der Waals surface area contributed by atoms with Crippen LogP contribution in [0.25, 0.3) is 6.08 Å². The largest absolute Gasteiger partial charge is 0.493 e. The number of carbonyl (C=O) groups excluding carboxylic acids is 3. The quantitative estimate of drug-likeness (QED) is 0.131. The number of esters is 1. The molecule has 0 aromatic heterocycles. The minimum Gasteiger partial charge on any atom is -0.493 e. The van der Waals surface area contributed by atoms with Crippen molar-refractivity contribution < 1.29 is 28.8 Å². The monoisotopic (exact) mass is 463 g/mol. The Kier molecular flexibility index (Phi) is 5.76. The highest BCUT2D eigenvalue weighted by Crippen LogP contribution is 2.33. The molecule has 0 heterocycles. The number of nitro benzene ring substituents is 1. The van der Waals surface area contributed by atoms with Gasteiger partial charge in [0.1, 0.15) is 0 Å². The van der Waals surface area contributed by atoms with Gasteiger partial charge < -0.3 is 9.47 Å². The van der Waals surface area contributed by atoms with Crippen molar-refractivity contribution >= 4 is 40.9 Å². The number of non-ortho nitro benzene ring substituents is 1. The van der Waals surface area contributed by atoms with Crippen LogP contribution in [0.1, 0.15) is 36.6 Å². The van der Waals surface area contributed by atoms with Gasteiger partial charge >= 0.3 is 5.97 Å². The summed E-state index contributed by atoms with van der Waals surface area (Å²) in [7, 11) is 1.35. The van der Waals surface area contributed by atoms with Crippen LogP contribution in [-0.4, -0.2) is 29.6 Å². The molecule has 0 amide bonds. The first-order valence-corrected chi connectivity index (χ1v) is 9.92. The molecule has 4 rings (SSSR count). The Bertz CT molecular complexity index is 1340. The van der Waals surface area contributed by atoms with Crippen LogP contribution in [-0.2, 0) is 0 Å². The Labute approximate surface area is 192 Å². The second-order valence-corrected chi connectivity index (χ2v) is 7.39. The number of halogens is 1. The Morgan fingerprint density at radius 3 is 2.24 bits per heavy atom. The number of Topliss-reactive ketones (excluding diaryl/α,β-unsaturated/α-hetero) is 2. The average Bonchev–Trinajstić information content (AvgIpc) is 3.05. The van der Waals surface area contributed by atoms with Crippen LogP contribution in [0.15, 0.2) is 66.2 Å². The summed E-state index contributed by atoms with van der Waals surface area (Å²) in [6.45, 7) is 0. The summed E-state index contributed by atoms with van der Waals surface area (Å²) >= 11 is 6.00. The molecule has 0 radical (unpaired) electrons. The van der Waals surface area contributed by atoms with Gasteiger partial charge in [0, 0.05) is 23.3 Å². The number of methoxy groups -OCH3 is 1. The van der Waals surface area contributed by atoms with Crippen LogP contribution in [0.3, 0.4) is 0 Å². The minimum absolute atomic E-state index is 0.0104. The lowest BCUT2D eigenvalue weighted by atomic mass is 10.1. The molecule has 0 unspecified atom stereocenters. The number of rotatable bonds is 5. The number of allylic oxidation sites excluding steroid dienone is 1. The van der Waals surface area contributed by atoms with E-state index in [1.165, 1.54) is 43.5 Å². The van der Waals surface area contributed by atoms with Gasteiger partial charge in [-0.1, -0.05) is 41.9 Å². The number of benzene rings is 3. The van der Waals surface area contributed by atoms with Crippen LogP contribution in [0, 0.1) is 10.1 Å². The van der Waals surface area contributed by atoms with Crippen molar-refractivity contribution in [3.8, 4) is 11.5 Å². The first kappa shape index (κ1) is 21.9. The number of hydrogen-bond donors (Lipinski definition) is 0. The molecule has 8 nitrogen and oxygen atoms in total. The van der Waals surface area contributed by atoms with E-state index in [1.54, 1.807) is 24.3 Å². The standard InChI is InChI=1S/C24H14ClNO7/c1-32-21-11-13(10-18-22(27)15-4-2-3-5-16(15)23(18)28)6-9-20(21)33-24(29)17-12-14(26(30)31)7-8-19(17)25/h2-12H,1H3. The lowest BCUT2D eigenvalue weighted by Gasteiger charge is -2.11. The van der Waals surface area contributed by atoms with Crippen LogP contribution in [0.2, 0.25) is 5.02 Å². The van der Waals surface area contributed by atoms with Crippen LogP contribution in [0.4, 0.5) is 5.69 Å². The maximum Gasteiger partial charge on any atom is 0.345 e. The SMILES string of the molecule is COc1cc(C=C2C(=O)c3ccccc3C2=O)ccc1OC(=O)c1cc([N+](=O)[O-])ccc1Cl. The summed E-state index contributed by atoms with van der Waals surface area (Å²) in [5.41, 5.74) is 0.697. The van der Waals surface area contributed by atoms with E-state index < -0.39 is 10.9 Å². The van der Waals surface area contributed by atoms with Gasteiger partial charge in [-0.05, 0) is 29.8 Å². The third-order valence-electron chi connectivity index (χ3n) is 4.99. The van der Waals surface area contributed by atoms with Gasteiger partial charge in [-0.2, -0.15) is 0 Å². The molecule has 0 aliphatic heterocycles. The summed E-state index contributed by atoms with van der Waals surface area (Å²) in [6.07, 6.45) is 1.44. The maximum absolute atomic E-state index is 12.6. The van der Waals surface area contributed by atoms with Gasteiger partial charge in [-0.25, -0.2) is 4.79 Å². The van der Waals surface area contributed by atoms with Gasteiger partial charge in [-0.3, -0.25) is 19.7 Å². The molecule has 0 fully saturated rings. The number of nitro groups is 1. The van der Waals surface area contributed by atoms with Crippen LogP contribution >= 0.6 is 11.6 Å². The highest BCUT2D eigenvalue weighted by Gasteiger charge is 2.32. The predicted molar refractivity (Wildman–Crippen MR) is 119 cm³/mol. The van der Waals surface area contributed by atoms with E-state index in [2.05, 4.69) is 0 Å². The lowest BCUT2D eigenvalue weighted by Crippen LogP contribution is -2.10. The van der Waals surface area contributed by atoms with E-state index in [0.29, 0.717) is 16.7 Å². The summed E-state index contributed by atoms with van der Waals surface area (Å²) in [4.78, 5) is 48.1. The molecular weight excluding hydrogens is 450 g/mol. The van der Waals surface area contributed by atoms with Crippen molar-refractivity contribution in [1.29, 1.82) is 0 Å². The number of fused-ring (bicyclic) bond motifs is 1. The number of ether oxygens (including phenoxy) is 2. The lowest BCUT2D eigenvalue weighted by molar-refractivity contribution is -0.384. The topological polar surface area (TPSA) is 113 Å². The van der Waals surface area contributed by atoms with E-state index in [0.717, 1.165) is 6.07 Å². The van der Waals surface area contributed by atoms with Crippen molar-refractivity contribution in [3.05, 3.63) is 104 Å². The normalized spacial score (nSPS) is 12.4. The minimum atomic E-state index is -0.912. The van der Waals surface area contributed by atoms with E-state index in [9.17, 15) is 24.5 Å². The molecule has 0 saturated heterocycles. The first-order chi connectivity index (χ1) is 15.8. The molecule has 1 aliphatic carbocycles. The number of nitrogens with zero attached hydrogens (tertiary/aromatic N) is 1. The third-order valence-corrected chi connectivity index (χ3v) is 5.32. The predicted octanol–water partition coefficient (Wildman–Crippen LogP) is 4.94. The zero-order chi connectivity index (χ0) is 23.7. The molecule has 0 saturated carbocycles. The molecule has 33 heavy (non-hydrogen) atoms. The van der Waals surface area contributed by atoms with Crippen LogP contribution < -0.4 is 9.47 Å². The van der Waals surface area contributed by atoms with Crippen molar-refractivity contribution in [2.75, 3.05) is 7.11 Å². The summed E-state index contributed by atoms with van der Waals surface area (Å²) < 4.78 is 10.6. The summed E-state index contributed by atoms with van der Waals surface area (Å²) in [6, 6.07) is 14.4.